The average molecular weight is 254 g/mol. The molecule has 98 valence electrons. The normalized spacial score (nSPS) is 9.67. The second kappa shape index (κ2) is 7.25. The fourth-order valence-corrected chi connectivity index (χ4v) is 1.16. The number of rotatable bonds is 5. The number of urea groups is 1. The monoisotopic (exact) mass is 254 g/mol. The lowest BCUT2D eigenvalue weighted by Gasteiger charge is -2.07. The van der Waals surface area contributed by atoms with Crippen molar-refractivity contribution in [3.8, 4) is 0 Å². The highest BCUT2D eigenvalue weighted by molar-refractivity contribution is 5.91. The smallest absolute Gasteiger partial charge is 0.325 e. The second-order valence-corrected chi connectivity index (χ2v) is 3.35. The predicted molar refractivity (Wildman–Crippen MR) is 62.9 cm³/mol. The summed E-state index contributed by atoms with van der Waals surface area (Å²) in [5.74, 6) is -0.527. The number of amides is 2. The van der Waals surface area contributed by atoms with E-state index < -0.39 is 12.0 Å². The molecular weight excluding hydrogens is 240 g/mol. The maximum absolute atomic E-state index is 11.3. The summed E-state index contributed by atoms with van der Waals surface area (Å²) in [6, 6.07) is 6.16. The van der Waals surface area contributed by atoms with E-state index >= 15 is 0 Å². The van der Waals surface area contributed by atoms with E-state index in [1.165, 1.54) is 7.11 Å². The molecule has 0 heterocycles. The number of esters is 1. The van der Waals surface area contributed by atoms with E-state index in [0.29, 0.717) is 5.69 Å². The molecule has 0 atom stereocenters. The maximum Gasteiger partial charge on any atom is 0.325 e. The van der Waals surface area contributed by atoms with Crippen molar-refractivity contribution in [3.05, 3.63) is 29.8 Å². The molecule has 0 fully saturated rings. The minimum absolute atomic E-state index is 0.0782. The molecule has 0 radical (unpaired) electrons. The van der Waals surface area contributed by atoms with Crippen LogP contribution in [0.2, 0.25) is 0 Å². The van der Waals surface area contributed by atoms with Crippen LogP contribution in [0.1, 0.15) is 5.56 Å². The molecule has 0 bridgehead atoms. The first-order chi connectivity index (χ1) is 8.65. The standard InChI is InChI=1S/C11H14N2O5/c1-17-10(14)6-12-11(15)13-9-4-2-8(3-5-9)7-18-16/h2-5,16H,6-7H2,1H3,(H2,12,13,15). The minimum Gasteiger partial charge on any atom is -0.468 e. The van der Waals surface area contributed by atoms with E-state index in [1.54, 1.807) is 24.3 Å². The Morgan fingerprint density at radius 3 is 2.50 bits per heavy atom. The van der Waals surface area contributed by atoms with Crippen LogP contribution in [0.25, 0.3) is 0 Å². The second-order valence-electron chi connectivity index (χ2n) is 3.35. The highest BCUT2D eigenvalue weighted by Gasteiger charge is 2.05. The van der Waals surface area contributed by atoms with Gasteiger partial charge in [0.15, 0.2) is 0 Å². The van der Waals surface area contributed by atoms with Gasteiger partial charge in [-0.05, 0) is 17.7 Å². The lowest BCUT2D eigenvalue weighted by Crippen LogP contribution is -2.33. The Morgan fingerprint density at radius 2 is 1.94 bits per heavy atom. The number of hydrogen-bond donors (Lipinski definition) is 3. The number of hydrogen-bond acceptors (Lipinski definition) is 5. The third kappa shape index (κ3) is 4.81. The van der Waals surface area contributed by atoms with Crippen LogP contribution in [0.15, 0.2) is 24.3 Å². The van der Waals surface area contributed by atoms with E-state index in [0.717, 1.165) is 5.56 Å². The summed E-state index contributed by atoms with van der Waals surface area (Å²) < 4.78 is 4.37. The van der Waals surface area contributed by atoms with Crippen molar-refractivity contribution in [1.82, 2.24) is 5.32 Å². The molecule has 0 saturated carbocycles. The molecule has 3 N–H and O–H groups in total. The van der Waals surface area contributed by atoms with Crippen LogP contribution >= 0.6 is 0 Å². The van der Waals surface area contributed by atoms with Crippen molar-refractivity contribution < 1.29 is 24.5 Å². The fraction of sp³-hybridized carbons (Fsp3) is 0.273. The van der Waals surface area contributed by atoms with Gasteiger partial charge in [-0.2, -0.15) is 0 Å². The number of methoxy groups -OCH3 is 1. The zero-order valence-electron chi connectivity index (χ0n) is 9.80. The Labute approximate surface area is 104 Å². The minimum atomic E-state index is -0.527. The molecule has 1 rings (SSSR count). The Morgan fingerprint density at radius 1 is 1.28 bits per heavy atom. The SMILES string of the molecule is COC(=O)CNC(=O)Nc1ccc(COO)cc1. The van der Waals surface area contributed by atoms with Gasteiger partial charge in [-0.15, -0.1) is 0 Å². The van der Waals surface area contributed by atoms with E-state index in [-0.39, 0.29) is 13.2 Å². The first-order valence-electron chi connectivity index (χ1n) is 5.12. The molecule has 1 aromatic rings. The molecule has 7 heteroatoms. The molecule has 0 unspecified atom stereocenters. The lowest BCUT2D eigenvalue weighted by molar-refractivity contribution is -0.253. The quantitative estimate of drug-likeness (QED) is 0.413. The molecule has 0 spiro atoms. The van der Waals surface area contributed by atoms with Gasteiger partial charge in [0.1, 0.15) is 13.2 Å². The number of carbonyl (C=O) groups excluding carboxylic acids is 2. The van der Waals surface area contributed by atoms with Crippen molar-refractivity contribution in [1.29, 1.82) is 0 Å². The molecule has 0 aliphatic rings. The van der Waals surface area contributed by atoms with E-state index in [9.17, 15) is 9.59 Å². The first kappa shape index (κ1) is 13.9. The van der Waals surface area contributed by atoms with Gasteiger partial charge >= 0.3 is 12.0 Å². The van der Waals surface area contributed by atoms with Gasteiger partial charge in [0.05, 0.1) is 7.11 Å². The first-order valence-corrected chi connectivity index (χ1v) is 5.12. The molecule has 0 aromatic heterocycles. The third-order valence-corrected chi connectivity index (χ3v) is 2.06. The zero-order valence-corrected chi connectivity index (χ0v) is 9.80. The summed E-state index contributed by atoms with van der Waals surface area (Å²) >= 11 is 0. The highest BCUT2D eigenvalue weighted by Crippen LogP contribution is 2.09. The van der Waals surface area contributed by atoms with Crippen molar-refractivity contribution in [3.63, 3.8) is 0 Å². The molecule has 1 aromatic carbocycles. The van der Waals surface area contributed by atoms with Crippen molar-refractivity contribution in [2.75, 3.05) is 19.0 Å². The Bertz CT molecular complexity index is 404. The van der Waals surface area contributed by atoms with Crippen LogP contribution in [0.3, 0.4) is 0 Å². The highest BCUT2D eigenvalue weighted by atomic mass is 17.1. The van der Waals surface area contributed by atoms with Gasteiger partial charge < -0.3 is 15.4 Å². The molecule has 18 heavy (non-hydrogen) atoms. The summed E-state index contributed by atoms with van der Waals surface area (Å²) in [7, 11) is 1.24. The van der Waals surface area contributed by atoms with Crippen LogP contribution in [0.5, 0.6) is 0 Å². The van der Waals surface area contributed by atoms with Gasteiger partial charge in [-0.3, -0.25) is 10.1 Å². The summed E-state index contributed by atoms with van der Waals surface area (Å²) in [4.78, 5) is 26.1. The van der Waals surface area contributed by atoms with Crippen molar-refractivity contribution in [2.24, 2.45) is 0 Å². The van der Waals surface area contributed by atoms with E-state index in [1.807, 2.05) is 0 Å². The summed E-state index contributed by atoms with van der Waals surface area (Å²) in [6.45, 7) is -0.117. The van der Waals surface area contributed by atoms with Gasteiger partial charge in [-0.1, -0.05) is 12.1 Å². The number of benzene rings is 1. The van der Waals surface area contributed by atoms with Crippen LogP contribution in [0, 0.1) is 0 Å². The molecule has 7 nitrogen and oxygen atoms in total. The number of nitrogens with one attached hydrogen (secondary N) is 2. The topological polar surface area (TPSA) is 96.9 Å². The summed E-state index contributed by atoms with van der Waals surface area (Å²) in [5.41, 5.74) is 1.32. The van der Waals surface area contributed by atoms with Crippen molar-refractivity contribution >= 4 is 17.7 Å². The predicted octanol–water partition coefficient (Wildman–Crippen LogP) is 0.971. The van der Waals surface area contributed by atoms with Gasteiger partial charge in [-0.25, -0.2) is 9.68 Å². The Hall–Kier alpha value is -2.12. The van der Waals surface area contributed by atoms with Gasteiger partial charge in [0.25, 0.3) is 0 Å². The Balaban J connectivity index is 2.42. The van der Waals surface area contributed by atoms with Gasteiger partial charge in [0, 0.05) is 5.69 Å². The summed E-state index contributed by atoms with van der Waals surface area (Å²) in [6.07, 6.45) is 0. The van der Waals surface area contributed by atoms with E-state index in [4.69, 9.17) is 5.26 Å². The van der Waals surface area contributed by atoms with Crippen LogP contribution in [-0.2, 0) is 21.0 Å². The van der Waals surface area contributed by atoms with Crippen LogP contribution in [0.4, 0.5) is 10.5 Å². The summed E-state index contributed by atoms with van der Waals surface area (Å²) in [5, 5.41) is 13.1. The van der Waals surface area contributed by atoms with Gasteiger partial charge in [0.2, 0.25) is 0 Å². The number of anilines is 1. The van der Waals surface area contributed by atoms with Crippen molar-refractivity contribution in [2.45, 2.75) is 6.61 Å². The molecule has 0 saturated heterocycles. The van der Waals surface area contributed by atoms with Crippen LogP contribution in [-0.4, -0.2) is 30.9 Å². The maximum atomic E-state index is 11.3. The molecule has 0 aliphatic heterocycles. The average Bonchev–Trinajstić information content (AvgIpc) is 2.38. The molecule has 0 aliphatic carbocycles. The fourth-order valence-electron chi connectivity index (χ4n) is 1.16. The molecule has 2 amide bonds. The van der Waals surface area contributed by atoms with E-state index in [2.05, 4.69) is 20.3 Å². The third-order valence-electron chi connectivity index (χ3n) is 2.06. The lowest BCUT2D eigenvalue weighted by atomic mass is 10.2. The van der Waals surface area contributed by atoms with Crippen LogP contribution < -0.4 is 10.6 Å². The number of ether oxygens (including phenoxy) is 1. The largest absolute Gasteiger partial charge is 0.468 e. The Kier molecular flexibility index (Phi) is 5.62. The molecular formula is C11H14N2O5. The number of carbonyl (C=O) groups is 2. The zero-order chi connectivity index (χ0) is 13.4.